The van der Waals surface area contributed by atoms with Gasteiger partial charge in [0, 0.05) is 17.0 Å². The lowest BCUT2D eigenvalue weighted by atomic mass is 9.99. The molecule has 0 radical (unpaired) electrons. The van der Waals surface area contributed by atoms with Gasteiger partial charge in [0.25, 0.3) is 11.8 Å². The largest absolute Gasteiger partial charge is 0.443 e. The minimum absolute atomic E-state index is 0.0165. The lowest BCUT2D eigenvalue weighted by Crippen LogP contribution is -2.35. The van der Waals surface area contributed by atoms with E-state index < -0.39 is 36.5 Å². The summed E-state index contributed by atoms with van der Waals surface area (Å²) in [6.45, 7) is 1.48. The summed E-state index contributed by atoms with van der Waals surface area (Å²) in [5.41, 5.74) is 2.35. The Bertz CT molecular complexity index is 1220. The van der Waals surface area contributed by atoms with Crippen LogP contribution in [0.25, 0.3) is 0 Å². The smallest absolute Gasteiger partial charge is 0.313 e. The van der Waals surface area contributed by atoms with Crippen molar-refractivity contribution in [1.82, 2.24) is 4.90 Å². The van der Waals surface area contributed by atoms with Gasteiger partial charge >= 0.3 is 5.97 Å². The molecule has 3 heterocycles. The second kappa shape index (κ2) is 8.29. The molecule has 0 unspecified atom stereocenters. The monoisotopic (exact) mass is 460 g/mol. The predicted molar refractivity (Wildman–Crippen MR) is 122 cm³/mol. The molecule has 0 bridgehead atoms. The first-order valence-electron chi connectivity index (χ1n) is 10.5. The highest BCUT2D eigenvalue weighted by molar-refractivity contribution is 7.10. The van der Waals surface area contributed by atoms with Crippen LogP contribution in [0.5, 0.6) is 0 Å². The zero-order valence-electron chi connectivity index (χ0n) is 17.8. The maximum Gasteiger partial charge on any atom is 0.313 e. The van der Waals surface area contributed by atoms with E-state index in [2.05, 4.69) is 0 Å². The van der Waals surface area contributed by atoms with Gasteiger partial charge in [0.1, 0.15) is 0 Å². The number of ether oxygens (including phenoxy) is 1. The fraction of sp³-hybridized carbons (Fsp3) is 0.200. The van der Waals surface area contributed by atoms with Crippen molar-refractivity contribution in [3.05, 3.63) is 87.6 Å². The van der Waals surface area contributed by atoms with E-state index in [1.54, 1.807) is 29.2 Å². The number of imide groups is 1. The van der Waals surface area contributed by atoms with Crippen LogP contribution < -0.4 is 4.90 Å². The van der Waals surface area contributed by atoms with Crippen molar-refractivity contribution in [3.63, 3.8) is 0 Å². The van der Waals surface area contributed by atoms with Crippen LogP contribution in [0.4, 0.5) is 5.69 Å². The molecular weight excluding hydrogens is 440 g/mol. The van der Waals surface area contributed by atoms with Crippen LogP contribution in [0.15, 0.2) is 66.0 Å². The molecule has 166 valence electrons. The van der Waals surface area contributed by atoms with Gasteiger partial charge in [-0.2, -0.15) is 0 Å². The van der Waals surface area contributed by atoms with Crippen molar-refractivity contribution in [2.75, 3.05) is 11.6 Å². The Kier molecular flexibility index (Phi) is 5.30. The van der Waals surface area contributed by atoms with Crippen molar-refractivity contribution in [3.8, 4) is 0 Å². The van der Waals surface area contributed by atoms with E-state index in [9.17, 15) is 19.2 Å². The zero-order chi connectivity index (χ0) is 23.1. The first-order valence-corrected chi connectivity index (χ1v) is 11.4. The first-order chi connectivity index (χ1) is 16.0. The van der Waals surface area contributed by atoms with Gasteiger partial charge in [0.15, 0.2) is 6.73 Å². The summed E-state index contributed by atoms with van der Waals surface area (Å²) in [6, 6.07) is 17.3. The number of fused-ring (bicyclic) bond motifs is 1. The number of aryl methyl sites for hydroxylation is 1. The topological polar surface area (TPSA) is 84.0 Å². The predicted octanol–water partition coefficient (Wildman–Crippen LogP) is 3.95. The minimum atomic E-state index is -0.757. The van der Waals surface area contributed by atoms with E-state index in [1.165, 1.54) is 11.3 Å². The van der Waals surface area contributed by atoms with E-state index in [4.69, 9.17) is 4.74 Å². The van der Waals surface area contributed by atoms with Gasteiger partial charge in [0.05, 0.1) is 23.1 Å². The fourth-order valence-electron chi connectivity index (χ4n) is 4.33. The van der Waals surface area contributed by atoms with Gasteiger partial charge in [0.2, 0.25) is 5.91 Å². The van der Waals surface area contributed by atoms with Gasteiger partial charge in [-0.15, -0.1) is 11.3 Å². The quantitative estimate of drug-likeness (QED) is 0.425. The standard InChI is InChI=1S/C25H20N2O5S/c1-15-8-10-16(11-9-15)27-21(28)13-19(22(27)20-7-4-12-33-20)25(31)32-14-26-23(29)17-5-2-3-6-18(17)24(26)30/h2-12,19,22H,13-14H2,1H3/t19-,22-/m1/s1. The molecule has 2 atom stereocenters. The highest BCUT2D eigenvalue weighted by Crippen LogP contribution is 2.43. The number of amides is 3. The van der Waals surface area contributed by atoms with Gasteiger partial charge in [-0.1, -0.05) is 35.9 Å². The molecule has 0 saturated carbocycles. The summed E-state index contributed by atoms with van der Waals surface area (Å²) in [5, 5.41) is 1.90. The second-order valence-electron chi connectivity index (χ2n) is 8.05. The van der Waals surface area contributed by atoms with Crippen molar-refractivity contribution in [2.45, 2.75) is 19.4 Å². The Balaban J connectivity index is 1.37. The molecule has 1 fully saturated rings. The number of carbonyl (C=O) groups is 4. The van der Waals surface area contributed by atoms with E-state index >= 15 is 0 Å². The van der Waals surface area contributed by atoms with Gasteiger partial charge < -0.3 is 9.64 Å². The minimum Gasteiger partial charge on any atom is -0.443 e. The Morgan fingerprint density at radius 1 is 0.970 bits per heavy atom. The van der Waals surface area contributed by atoms with E-state index in [-0.39, 0.29) is 23.5 Å². The van der Waals surface area contributed by atoms with E-state index in [0.29, 0.717) is 5.69 Å². The molecule has 2 aliphatic heterocycles. The van der Waals surface area contributed by atoms with E-state index in [1.807, 2.05) is 48.7 Å². The highest BCUT2D eigenvalue weighted by atomic mass is 32.1. The van der Waals surface area contributed by atoms with E-state index in [0.717, 1.165) is 15.3 Å². The summed E-state index contributed by atoms with van der Waals surface area (Å²) in [5.74, 6) is -2.55. The number of hydrogen-bond donors (Lipinski definition) is 0. The van der Waals surface area contributed by atoms with Crippen molar-refractivity contribution in [2.24, 2.45) is 5.92 Å². The number of nitrogens with zero attached hydrogens (tertiary/aromatic N) is 2. The van der Waals surface area contributed by atoms with Gasteiger partial charge in [-0.05, 0) is 42.6 Å². The van der Waals surface area contributed by atoms with Crippen molar-refractivity contribution >= 4 is 40.7 Å². The SMILES string of the molecule is Cc1ccc(N2C(=O)C[C@@H](C(=O)OCN3C(=O)c4ccccc4C3=O)[C@@H]2c2cccs2)cc1. The zero-order valence-corrected chi connectivity index (χ0v) is 18.6. The Hall–Kier alpha value is -3.78. The number of rotatable bonds is 5. The average Bonchev–Trinajstić information content (AvgIpc) is 3.52. The van der Waals surface area contributed by atoms with Crippen LogP contribution in [0, 0.1) is 12.8 Å². The number of esters is 1. The molecular formula is C25H20N2O5S. The van der Waals surface area contributed by atoms with Crippen LogP contribution in [-0.2, 0) is 14.3 Å². The molecule has 2 aliphatic rings. The summed E-state index contributed by atoms with van der Waals surface area (Å²) in [6.07, 6.45) is -0.0165. The summed E-state index contributed by atoms with van der Waals surface area (Å²) < 4.78 is 5.43. The maximum absolute atomic E-state index is 13.1. The van der Waals surface area contributed by atoms with Crippen LogP contribution >= 0.6 is 11.3 Å². The second-order valence-corrected chi connectivity index (χ2v) is 9.03. The Labute approximate surface area is 194 Å². The molecule has 1 saturated heterocycles. The molecule has 0 N–H and O–H groups in total. The summed E-state index contributed by atoms with van der Waals surface area (Å²) in [4.78, 5) is 54.7. The normalized spacial score (nSPS) is 19.8. The first kappa shape index (κ1) is 21.1. The molecule has 8 heteroatoms. The third-order valence-electron chi connectivity index (χ3n) is 5.99. The molecule has 1 aromatic heterocycles. The molecule has 0 spiro atoms. The average molecular weight is 461 g/mol. The molecule has 5 rings (SSSR count). The van der Waals surface area contributed by atoms with Crippen LogP contribution in [0.3, 0.4) is 0 Å². The fourth-order valence-corrected chi connectivity index (χ4v) is 5.21. The third kappa shape index (κ3) is 3.62. The van der Waals surface area contributed by atoms with Gasteiger partial charge in [-0.3, -0.25) is 19.2 Å². The molecule has 2 aromatic carbocycles. The molecule has 33 heavy (non-hydrogen) atoms. The highest BCUT2D eigenvalue weighted by Gasteiger charge is 2.47. The number of anilines is 1. The number of benzene rings is 2. The number of carbonyl (C=O) groups excluding carboxylic acids is 4. The molecule has 3 amide bonds. The molecule has 7 nitrogen and oxygen atoms in total. The number of hydrogen-bond acceptors (Lipinski definition) is 6. The van der Waals surface area contributed by atoms with Crippen molar-refractivity contribution in [1.29, 1.82) is 0 Å². The van der Waals surface area contributed by atoms with Crippen molar-refractivity contribution < 1.29 is 23.9 Å². The summed E-state index contributed by atoms with van der Waals surface area (Å²) >= 11 is 1.46. The van der Waals surface area contributed by atoms with Crippen LogP contribution in [0.2, 0.25) is 0 Å². The summed E-state index contributed by atoms with van der Waals surface area (Å²) in [7, 11) is 0. The van der Waals surface area contributed by atoms with Crippen LogP contribution in [0.1, 0.15) is 43.6 Å². The lowest BCUT2D eigenvalue weighted by Gasteiger charge is -2.27. The Morgan fingerprint density at radius 3 is 2.24 bits per heavy atom. The van der Waals surface area contributed by atoms with Gasteiger partial charge in [-0.25, -0.2) is 4.90 Å². The number of thiophene rings is 1. The molecule has 3 aromatic rings. The third-order valence-corrected chi connectivity index (χ3v) is 6.93. The van der Waals surface area contributed by atoms with Crippen LogP contribution in [-0.4, -0.2) is 35.3 Å². The maximum atomic E-state index is 13.1. The lowest BCUT2D eigenvalue weighted by molar-refractivity contribution is -0.151. The molecule has 0 aliphatic carbocycles. The Morgan fingerprint density at radius 2 is 1.64 bits per heavy atom.